The van der Waals surface area contributed by atoms with E-state index in [1.807, 2.05) is 31.2 Å². The number of rotatable bonds is 3. The number of hydrogen-bond donors (Lipinski definition) is 1. The van der Waals surface area contributed by atoms with Crippen LogP contribution in [0.4, 0.5) is 5.69 Å². The number of hydrogen-bond acceptors (Lipinski definition) is 4. The third-order valence-electron chi connectivity index (χ3n) is 3.84. The molecule has 0 spiro atoms. The van der Waals surface area contributed by atoms with Crippen molar-refractivity contribution in [1.29, 1.82) is 0 Å². The first-order valence-corrected chi connectivity index (χ1v) is 7.40. The van der Waals surface area contributed by atoms with E-state index in [4.69, 9.17) is 16.3 Å². The lowest BCUT2D eigenvalue weighted by atomic mass is 10.1. The van der Waals surface area contributed by atoms with Gasteiger partial charge in [-0.2, -0.15) is 0 Å². The van der Waals surface area contributed by atoms with E-state index in [1.54, 1.807) is 24.1 Å². The fourth-order valence-electron chi connectivity index (χ4n) is 2.78. The molecule has 5 nitrogen and oxygen atoms in total. The second-order valence-corrected chi connectivity index (χ2v) is 5.74. The summed E-state index contributed by atoms with van der Waals surface area (Å²) in [6.07, 6.45) is 0. The van der Waals surface area contributed by atoms with Crippen molar-refractivity contribution >= 4 is 28.9 Å². The molecule has 1 amide bonds. The molecule has 3 rings (SSSR count). The van der Waals surface area contributed by atoms with Gasteiger partial charge < -0.3 is 14.8 Å². The minimum atomic E-state index is -0.344. The van der Waals surface area contributed by atoms with Gasteiger partial charge in [0.1, 0.15) is 5.75 Å². The van der Waals surface area contributed by atoms with E-state index in [0.29, 0.717) is 17.1 Å². The topological polar surface area (TPSA) is 62.1 Å². The number of nitrogens with zero attached hydrogens (tertiary/aromatic N) is 2. The molecule has 0 bridgehead atoms. The second-order valence-electron chi connectivity index (χ2n) is 5.31. The van der Waals surface area contributed by atoms with Crippen molar-refractivity contribution < 1.29 is 14.7 Å². The van der Waals surface area contributed by atoms with Crippen molar-refractivity contribution in [3.8, 4) is 5.75 Å². The SMILES string of the molecule is COc1ccc(CN2C(=O)/C(=N\O)c3cc(Cl)cc(C)c32)cc1. The molecular weight excluding hydrogens is 316 g/mol. The average molecular weight is 331 g/mol. The number of amides is 1. The van der Waals surface area contributed by atoms with E-state index >= 15 is 0 Å². The van der Waals surface area contributed by atoms with Crippen LogP contribution in [0.2, 0.25) is 5.02 Å². The Labute approximate surface area is 138 Å². The molecule has 1 aliphatic heterocycles. The first kappa shape index (κ1) is 15.4. The van der Waals surface area contributed by atoms with Gasteiger partial charge in [-0.25, -0.2) is 0 Å². The number of benzene rings is 2. The number of carbonyl (C=O) groups is 1. The highest BCUT2D eigenvalue weighted by Gasteiger charge is 2.36. The molecule has 0 fully saturated rings. The van der Waals surface area contributed by atoms with E-state index < -0.39 is 0 Å². The molecule has 23 heavy (non-hydrogen) atoms. The van der Waals surface area contributed by atoms with Crippen LogP contribution in [0.5, 0.6) is 5.75 Å². The predicted octanol–water partition coefficient (Wildman–Crippen LogP) is 3.38. The number of ether oxygens (including phenoxy) is 1. The summed E-state index contributed by atoms with van der Waals surface area (Å²) in [6, 6.07) is 10.9. The number of oxime groups is 1. The Balaban J connectivity index is 2.02. The van der Waals surface area contributed by atoms with Crippen molar-refractivity contribution in [3.05, 3.63) is 58.1 Å². The third-order valence-corrected chi connectivity index (χ3v) is 4.06. The van der Waals surface area contributed by atoms with E-state index in [0.717, 1.165) is 22.6 Å². The van der Waals surface area contributed by atoms with E-state index in [9.17, 15) is 10.0 Å². The Hall–Kier alpha value is -2.53. The molecule has 2 aromatic carbocycles. The Morgan fingerprint density at radius 1 is 1.26 bits per heavy atom. The monoisotopic (exact) mass is 330 g/mol. The Kier molecular flexibility index (Phi) is 3.96. The number of aryl methyl sites for hydroxylation is 1. The zero-order valence-corrected chi connectivity index (χ0v) is 13.5. The quantitative estimate of drug-likeness (QED) is 0.693. The molecule has 2 aromatic rings. The van der Waals surface area contributed by atoms with Gasteiger partial charge in [-0.05, 0) is 42.3 Å². The van der Waals surface area contributed by atoms with Gasteiger partial charge in [0.2, 0.25) is 0 Å². The second kappa shape index (κ2) is 5.93. The molecular formula is C17H15ClN2O3. The summed E-state index contributed by atoms with van der Waals surface area (Å²) in [6.45, 7) is 2.25. The van der Waals surface area contributed by atoms with Crippen LogP contribution < -0.4 is 9.64 Å². The van der Waals surface area contributed by atoms with Crippen LogP contribution in [0.1, 0.15) is 16.7 Å². The molecule has 0 atom stereocenters. The predicted molar refractivity (Wildman–Crippen MR) is 88.7 cm³/mol. The van der Waals surface area contributed by atoms with Crippen molar-refractivity contribution in [1.82, 2.24) is 0 Å². The van der Waals surface area contributed by atoms with Gasteiger partial charge >= 0.3 is 0 Å². The fourth-order valence-corrected chi connectivity index (χ4v) is 3.05. The normalized spacial score (nSPS) is 15.2. The van der Waals surface area contributed by atoms with Crippen molar-refractivity contribution in [2.24, 2.45) is 5.16 Å². The third kappa shape index (κ3) is 2.64. The smallest absolute Gasteiger partial charge is 0.281 e. The Bertz CT molecular complexity index is 800. The standard InChI is InChI=1S/C17H15ClN2O3/c1-10-7-12(18)8-14-15(19-22)17(21)20(16(10)14)9-11-3-5-13(23-2)6-4-11/h3-8,22H,9H2,1-2H3/b19-15-. The molecule has 118 valence electrons. The maximum Gasteiger partial charge on any atom is 0.281 e. The molecule has 6 heteroatoms. The maximum atomic E-state index is 12.6. The molecule has 0 aromatic heterocycles. The van der Waals surface area contributed by atoms with Crippen LogP contribution in [0.3, 0.4) is 0 Å². The summed E-state index contributed by atoms with van der Waals surface area (Å²) in [4.78, 5) is 14.1. The average Bonchev–Trinajstić information content (AvgIpc) is 2.79. The molecule has 0 radical (unpaired) electrons. The summed E-state index contributed by atoms with van der Waals surface area (Å²) in [5, 5.41) is 12.9. The highest BCUT2D eigenvalue weighted by atomic mass is 35.5. The van der Waals surface area contributed by atoms with Crippen LogP contribution in [0.25, 0.3) is 0 Å². The van der Waals surface area contributed by atoms with Gasteiger partial charge in [-0.15, -0.1) is 0 Å². The number of anilines is 1. The van der Waals surface area contributed by atoms with Crippen LogP contribution in [-0.2, 0) is 11.3 Å². The maximum absolute atomic E-state index is 12.6. The van der Waals surface area contributed by atoms with Gasteiger partial charge in [-0.3, -0.25) is 4.79 Å². The Morgan fingerprint density at radius 2 is 1.96 bits per heavy atom. The summed E-state index contributed by atoms with van der Waals surface area (Å²) in [5.41, 5.74) is 3.09. The first-order valence-electron chi connectivity index (χ1n) is 7.02. The molecule has 0 aliphatic carbocycles. The highest BCUT2D eigenvalue weighted by molar-refractivity contribution is 6.54. The lowest BCUT2D eigenvalue weighted by Gasteiger charge is -2.19. The van der Waals surface area contributed by atoms with Gasteiger partial charge in [0.25, 0.3) is 5.91 Å². The lowest BCUT2D eigenvalue weighted by Crippen LogP contribution is -2.29. The molecule has 0 saturated carbocycles. The van der Waals surface area contributed by atoms with Crippen molar-refractivity contribution in [2.45, 2.75) is 13.5 Å². The minimum Gasteiger partial charge on any atom is -0.497 e. The Morgan fingerprint density at radius 3 is 2.57 bits per heavy atom. The molecule has 1 N–H and O–H groups in total. The number of carbonyl (C=O) groups excluding carboxylic acids is 1. The van der Waals surface area contributed by atoms with Crippen LogP contribution in [0.15, 0.2) is 41.6 Å². The summed E-state index contributed by atoms with van der Waals surface area (Å²) >= 11 is 6.06. The zero-order valence-electron chi connectivity index (χ0n) is 12.7. The summed E-state index contributed by atoms with van der Waals surface area (Å²) in [5.74, 6) is 0.408. The fraction of sp³-hybridized carbons (Fsp3) is 0.176. The summed E-state index contributed by atoms with van der Waals surface area (Å²) in [7, 11) is 1.60. The van der Waals surface area contributed by atoms with E-state index in [1.165, 1.54) is 0 Å². The van der Waals surface area contributed by atoms with Crippen LogP contribution >= 0.6 is 11.6 Å². The zero-order chi connectivity index (χ0) is 16.6. The number of fused-ring (bicyclic) bond motifs is 1. The molecule has 1 heterocycles. The van der Waals surface area contributed by atoms with Gasteiger partial charge in [0.15, 0.2) is 5.71 Å². The van der Waals surface area contributed by atoms with Gasteiger partial charge in [-0.1, -0.05) is 28.9 Å². The van der Waals surface area contributed by atoms with E-state index in [2.05, 4.69) is 5.16 Å². The van der Waals surface area contributed by atoms with Crippen molar-refractivity contribution in [2.75, 3.05) is 12.0 Å². The largest absolute Gasteiger partial charge is 0.497 e. The summed E-state index contributed by atoms with van der Waals surface area (Å²) < 4.78 is 5.14. The molecule has 0 unspecified atom stereocenters. The molecule has 1 aliphatic rings. The highest BCUT2D eigenvalue weighted by Crippen LogP contribution is 2.36. The number of methoxy groups -OCH3 is 1. The van der Waals surface area contributed by atoms with Crippen LogP contribution in [0, 0.1) is 6.92 Å². The van der Waals surface area contributed by atoms with Crippen molar-refractivity contribution in [3.63, 3.8) is 0 Å². The lowest BCUT2D eigenvalue weighted by molar-refractivity contribution is -0.112. The minimum absolute atomic E-state index is 0.0131. The number of halogens is 1. The molecule has 0 saturated heterocycles. The first-order chi connectivity index (χ1) is 11.0. The van der Waals surface area contributed by atoms with E-state index in [-0.39, 0.29) is 11.6 Å². The van der Waals surface area contributed by atoms with Crippen LogP contribution in [-0.4, -0.2) is 23.9 Å². The van der Waals surface area contributed by atoms with Gasteiger partial charge in [0.05, 0.1) is 19.3 Å². The van der Waals surface area contributed by atoms with Gasteiger partial charge in [0, 0.05) is 10.6 Å².